The molecule has 4 rings (SSSR count). The number of ether oxygens (including phenoxy) is 1. The number of Topliss-reactive ketones (excluding diaryl/α,β-unsaturated/α-hetero) is 1. The molecule has 0 spiro atoms. The number of aromatic nitrogens is 3. The largest absolute Gasteiger partial charge is 0.453 e. The Morgan fingerprint density at radius 2 is 1.51 bits per heavy atom. The highest BCUT2D eigenvalue weighted by Gasteiger charge is 2.37. The number of hydrogen-bond donors (Lipinski definition) is 0. The van der Waals surface area contributed by atoms with Gasteiger partial charge in [-0.1, -0.05) is 68.2 Å². The average Bonchev–Trinajstić information content (AvgIpc) is 3.31. The molecule has 0 radical (unpaired) electrons. The fourth-order valence-electron chi connectivity index (χ4n) is 5.16. The zero-order valence-corrected chi connectivity index (χ0v) is 24.2. The van der Waals surface area contributed by atoms with E-state index in [9.17, 15) is 18.0 Å². The van der Waals surface area contributed by atoms with Gasteiger partial charge in [0.2, 0.25) is 0 Å². The monoisotopic (exact) mass is 557 g/mol. The number of nitrogens with zero attached hydrogens (tertiary/aromatic N) is 3. The van der Waals surface area contributed by atoms with Crippen LogP contribution in [0.4, 0.5) is 13.2 Å². The molecule has 3 aromatic rings. The number of halogens is 3. The van der Waals surface area contributed by atoms with Crippen molar-refractivity contribution in [3.05, 3.63) is 59.9 Å². The number of carbonyl (C=O) groups is 1. The summed E-state index contributed by atoms with van der Waals surface area (Å²) in [5.41, 5.74) is 3.89. The number of carbonyl (C=O) groups excluding carboxylic acids is 1. The van der Waals surface area contributed by atoms with E-state index in [2.05, 4.69) is 54.0 Å². The van der Waals surface area contributed by atoms with Crippen LogP contribution in [0.2, 0.25) is 25.7 Å². The third kappa shape index (κ3) is 8.11. The first-order valence-electron chi connectivity index (χ1n) is 13.7. The van der Waals surface area contributed by atoms with Crippen LogP contribution in [0, 0.1) is 5.92 Å². The van der Waals surface area contributed by atoms with Crippen LogP contribution in [-0.2, 0) is 22.4 Å². The maximum atomic E-state index is 13.4. The van der Waals surface area contributed by atoms with Crippen LogP contribution in [0.1, 0.15) is 56.3 Å². The molecule has 0 aliphatic heterocycles. The first-order chi connectivity index (χ1) is 18.4. The molecule has 1 aliphatic rings. The van der Waals surface area contributed by atoms with Gasteiger partial charge in [0.15, 0.2) is 5.82 Å². The van der Waals surface area contributed by atoms with Gasteiger partial charge in [-0.05, 0) is 67.2 Å². The molecule has 0 amide bonds. The lowest BCUT2D eigenvalue weighted by atomic mass is 9.77. The normalized spacial score (nSPS) is 18.3. The van der Waals surface area contributed by atoms with E-state index in [1.807, 2.05) is 12.1 Å². The first kappa shape index (κ1) is 29.2. The Morgan fingerprint density at radius 1 is 0.949 bits per heavy atom. The second kappa shape index (κ2) is 12.2. The summed E-state index contributed by atoms with van der Waals surface area (Å²) >= 11 is 0. The molecule has 1 saturated carbocycles. The van der Waals surface area contributed by atoms with E-state index in [0.29, 0.717) is 30.4 Å². The average molecular weight is 558 g/mol. The van der Waals surface area contributed by atoms with E-state index in [-0.39, 0.29) is 18.3 Å². The van der Waals surface area contributed by atoms with Crippen LogP contribution in [0.15, 0.2) is 48.5 Å². The number of rotatable bonds is 10. The van der Waals surface area contributed by atoms with Crippen LogP contribution >= 0.6 is 0 Å². The van der Waals surface area contributed by atoms with Crippen molar-refractivity contribution in [3.8, 4) is 22.5 Å². The van der Waals surface area contributed by atoms with E-state index < -0.39 is 20.1 Å². The van der Waals surface area contributed by atoms with Crippen molar-refractivity contribution in [1.82, 2.24) is 14.8 Å². The molecule has 0 N–H and O–H groups in total. The van der Waals surface area contributed by atoms with Crippen molar-refractivity contribution in [2.75, 3.05) is 6.61 Å². The number of alkyl halides is 3. The minimum Gasteiger partial charge on any atom is -0.359 e. The summed E-state index contributed by atoms with van der Waals surface area (Å²) in [4.78, 5) is 15.2. The van der Waals surface area contributed by atoms with Crippen molar-refractivity contribution in [2.24, 2.45) is 5.92 Å². The molecule has 1 aliphatic carbocycles. The van der Waals surface area contributed by atoms with Crippen LogP contribution in [0.25, 0.3) is 22.5 Å². The Hall–Kier alpha value is -2.78. The lowest BCUT2D eigenvalue weighted by molar-refractivity contribution is -0.145. The van der Waals surface area contributed by atoms with Gasteiger partial charge >= 0.3 is 6.18 Å². The number of benzene rings is 2. The van der Waals surface area contributed by atoms with Crippen molar-refractivity contribution in [2.45, 2.75) is 83.5 Å². The summed E-state index contributed by atoms with van der Waals surface area (Å²) in [6, 6.07) is 16.8. The molecular formula is C30H38F3N3O2Si. The maximum absolute atomic E-state index is 13.4. The molecule has 1 aromatic heterocycles. The third-order valence-electron chi connectivity index (χ3n) is 7.42. The number of ketones is 1. The van der Waals surface area contributed by atoms with Gasteiger partial charge in [0.1, 0.15) is 12.5 Å². The first-order valence-corrected chi connectivity index (χ1v) is 17.4. The van der Waals surface area contributed by atoms with E-state index in [1.165, 1.54) is 10.2 Å². The topological polar surface area (TPSA) is 57.0 Å². The molecule has 210 valence electrons. The van der Waals surface area contributed by atoms with Gasteiger partial charge in [-0.3, -0.25) is 0 Å². The van der Waals surface area contributed by atoms with Gasteiger partial charge in [-0.25, -0.2) is 9.67 Å². The lowest BCUT2D eigenvalue weighted by Gasteiger charge is -2.28. The Labute approximate surface area is 229 Å². The molecule has 5 nitrogen and oxygen atoms in total. The zero-order valence-electron chi connectivity index (χ0n) is 23.2. The van der Waals surface area contributed by atoms with Crippen molar-refractivity contribution < 1.29 is 22.7 Å². The Balaban J connectivity index is 1.44. The fraction of sp³-hybridized carbons (Fsp3) is 0.500. The molecular weight excluding hydrogens is 519 g/mol. The fourth-order valence-corrected chi connectivity index (χ4v) is 5.92. The summed E-state index contributed by atoms with van der Waals surface area (Å²) in [6.07, 6.45) is 0.464. The summed E-state index contributed by atoms with van der Waals surface area (Å²) < 4.78 is 47.0. The predicted octanol–water partition coefficient (Wildman–Crippen LogP) is 8.20. The van der Waals surface area contributed by atoms with Crippen LogP contribution in [0.3, 0.4) is 0 Å². The Bertz CT molecular complexity index is 1240. The minimum absolute atomic E-state index is 0.0806. The number of hydrogen-bond acceptors (Lipinski definition) is 4. The SMILES string of the molecule is CC(=O)CC1CCC(c2ccc(-c3ccc(-c4nc(C(F)(F)F)nn4COCC[Si](C)(C)C)cc3)cc2)CC1. The highest BCUT2D eigenvalue weighted by molar-refractivity contribution is 6.76. The second-order valence-electron chi connectivity index (χ2n) is 11.9. The van der Waals surface area contributed by atoms with Crippen LogP contribution in [0.5, 0.6) is 0 Å². The summed E-state index contributed by atoms with van der Waals surface area (Å²) in [7, 11) is -1.32. The van der Waals surface area contributed by atoms with Gasteiger partial charge < -0.3 is 9.53 Å². The predicted molar refractivity (Wildman–Crippen MR) is 150 cm³/mol. The smallest absolute Gasteiger partial charge is 0.359 e. The van der Waals surface area contributed by atoms with Crippen LogP contribution in [-0.4, -0.2) is 35.2 Å². The summed E-state index contributed by atoms with van der Waals surface area (Å²) in [6.45, 7) is 8.73. The molecule has 0 saturated heterocycles. The lowest BCUT2D eigenvalue weighted by Crippen LogP contribution is -2.22. The molecule has 0 atom stereocenters. The Morgan fingerprint density at radius 3 is 2.05 bits per heavy atom. The van der Waals surface area contributed by atoms with Crippen molar-refractivity contribution in [1.29, 1.82) is 0 Å². The van der Waals surface area contributed by atoms with Gasteiger partial charge in [0.25, 0.3) is 5.82 Å². The Kier molecular flexibility index (Phi) is 9.11. The maximum Gasteiger partial charge on any atom is 0.453 e. The minimum atomic E-state index is -4.63. The van der Waals surface area contributed by atoms with Gasteiger partial charge in [-0.15, -0.1) is 5.10 Å². The molecule has 0 unspecified atom stereocenters. The third-order valence-corrected chi connectivity index (χ3v) is 9.12. The summed E-state index contributed by atoms with van der Waals surface area (Å²) in [5, 5.41) is 3.70. The highest BCUT2D eigenvalue weighted by Crippen LogP contribution is 2.38. The van der Waals surface area contributed by atoms with E-state index in [1.54, 1.807) is 19.1 Å². The van der Waals surface area contributed by atoms with Gasteiger partial charge in [0, 0.05) is 26.7 Å². The zero-order chi connectivity index (χ0) is 28.2. The molecule has 2 aromatic carbocycles. The molecule has 0 bridgehead atoms. The van der Waals surface area contributed by atoms with E-state index in [0.717, 1.165) is 42.9 Å². The molecule has 1 heterocycles. The molecule has 39 heavy (non-hydrogen) atoms. The van der Waals surface area contributed by atoms with Crippen molar-refractivity contribution in [3.63, 3.8) is 0 Å². The van der Waals surface area contributed by atoms with Gasteiger partial charge in [-0.2, -0.15) is 13.2 Å². The standard InChI is InChI=1S/C30H38F3N3O2Si/c1-21(37)19-22-5-7-23(8-6-22)24-9-11-25(12-10-24)26-13-15-27(16-14-26)28-34-29(30(31,32)33)35-36(28)20-38-17-18-39(2,3)4/h9-16,22-23H,5-8,17-20H2,1-4H3. The van der Waals surface area contributed by atoms with E-state index in [4.69, 9.17) is 4.74 Å². The quantitative estimate of drug-likeness (QED) is 0.186. The van der Waals surface area contributed by atoms with Crippen molar-refractivity contribution >= 4 is 13.9 Å². The summed E-state index contributed by atoms with van der Waals surface area (Å²) in [5.74, 6) is 0.289. The van der Waals surface area contributed by atoms with Gasteiger partial charge in [0.05, 0.1) is 0 Å². The molecule has 1 fully saturated rings. The second-order valence-corrected chi connectivity index (χ2v) is 17.5. The van der Waals surface area contributed by atoms with E-state index >= 15 is 0 Å². The molecule has 9 heteroatoms. The van der Waals surface area contributed by atoms with Crippen LogP contribution < -0.4 is 0 Å². The highest BCUT2D eigenvalue weighted by atomic mass is 28.3.